The molecule has 29 heavy (non-hydrogen) atoms. The third-order valence-electron chi connectivity index (χ3n) is 4.49. The van der Waals surface area contributed by atoms with E-state index in [4.69, 9.17) is 0 Å². The molecule has 0 aliphatic heterocycles. The summed E-state index contributed by atoms with van der Waals surface area (Å²) >= 11 is 1.49. The van der Waals surface area contributed by atoms with Gasteiger partial charge < -0.3 is 10.2 Å². The molecule has 0 bridgehead atoms. The van der Waals surface area contributed by atoms with E-state index in [0.29, 0.717) is 23.8 Å². The van der Waals surface area contributed by atoms with Crippen molar-refractivity contribution >= 4 is 23.6 Å². The fraction of sp³-hybridized carbons (Fsp3) is 0.391. The molecule has 1 atom stereocenters. The van der Waals surface area contributed by atoms with Gasteiger partial charge in [0.05, 0.1) is 5.75 Å². The van der Waals surface area contributed by atoms with E-state index in [0.717, 1.165) is 5.56 Å². The number of halogens is 1. The number of rotatable bonds is 10. The number of nitrogens with zero attached hydrogens (tertiary/aromatic N) is 1. The molecule has 0 aromatic heterocycles. The minimum absolute atomic E-state index is 0.0632. The van der Waals surface area contributed by atoms with Crippen LogP contribution in [0.5, 0.6) is 0 Å². The predicted molar refractivity (Wildman–Crippen MR) is 117 cm³/mol. The van der Waals surface area contributed by atoms with E-state index in [2.05, 4.69) is 5.32 Å². The van der Waals surface area contributed by atoms with E-state index < -0.39 is 6.04 Å². The van der Waals surface area contributed by atoms with Gasteiger partial charge in [-0.15, -0.1) is 11.8 Å². The van der Waals surface area contributed by atoms with Crippen LogP contribution < -0.4 is 5.32 Å². The van der Waals surface area contributed by atoms with Crippen molar-refractivity contribution in [1.82, 2.24) is 10.2 Å². The van der Waals surface area contributed by atoms with Gasteiger partial charge in [-0.3, -0.25) is 9.59 Å². The highest BCUT2D eigenvalue weighted by Gasteiger charge is 2.26. The van der Waals surface area contributed by atoms with Gasteiger partial charge in [-0.2, -0.15) is 0 Å². The Hall–Kier alpha value is -2.34. The monoisotopic (exact) mass is 416 g/mol. The van der Waals surface area contributed by atoms with Crippen molar-refractivity contribution in [2.24, 2.45) is 5.92 Å². The lowest BCUT2D eigenvalue weighted by Gasteiger charge is -2.29. The summed E-state index contributed by atoms with van der Waals surface area (Å²) in [7, 11) is 0. The van der Waals surface area contributed by atoms with Crippen LogP contribution in [0.25, 0.3) is 0 Å². The lowest BCUT2D eigenvalue weighted by Crippen LogP contribution is -2.48. The van der Waals surface area contributed by atoms with Gasteiger partial charge in [0.25, 0.3) is 0 Å². The van der Waals surface area contributed by atoms with Crippen molar-refractivity contribution in [2.75, 3.05) is 12.3 Å². The van der Waals surface area contributed by atoms with Gasteiger partial charge in [0, 0.05) is 24.4 Å². The number of nitrogens with one attached hydrogen (secondary N) is 1. The lowest BCUT2D eigenvalue weighted by atomic mass is 10.1. The number of hydrogen-bond acceptors (Lipinski definition) is 3. The number of carbonyl (C=O) groups excluding carboxylic acids is 2. The third-order valence-corrected chi connectivity index (χ3v) is 5.48. The van der Waals surface area contributed by atoms with E-state index in [1.807, 2.05) is 44.2 Å². The van der Waals surface area contributed by atoms with Gasteiger partial charge in [0.2, 0.25) is 11.8 Å². The Morgan fingerprint density at radius 3 is 2.34 bits per heavy atom. The number of amides is 2. The van der Waals surface area contributed by atoms with Crippen molar-refractivity contribution in [3.05, 3.63) is 71.5 Å². The Morgan fingerprint density at radius 1 is 1.03 bits per heavy atom. The largest absolute Gasteiger partial charge is 0.354 e. The first kappa shape index (κ1) is 22.9. The average Bonchev–Trinajstić information content (AvgIpc) is 2.71. The molecule has 0 fully saturated rings. The standard InChI is InChI=1S/C23H29FN2O2S/c1-17(2)13-25-23(28)18(3)26(14-20-11-7-8-12-21(20)24)22(27)16-29-15-19-9-5-4-6-10-19/h4-12,17-18H,13-16H2,1-3H3,(H,25,28)/t18-/m0/s1. The highest BCUT2D eigenvalue weighted by Crippen LogP contribution is 2.17. The second kappa shape index (κ2) is 11.6. The highest BCUT2D eigenvalue weighted by atomic mass is 32.2. The summed E-state index contributed by atoms with van der Waals surface area (Å²) < 4.78 is 14.2. The fourth-order valence-electron chi connectivity index (χ4n) is 2.76. The number of thioether (sulfide) groups is 1. The quantitative estimate of drug-likeness (QED) is 0.630. The minimum Gasteiger partial charge on any atom is -0.354 e. The first-order chi connectivity index (χ1) is 13.9. The Labute approximate surface area is 176 Å². The summed E-state index contributed by atoms with van der Waals surface area (Å²) in [5.74, 6) is 0.456. The zero-order valence-corrected chi connectivity index (χ0v) is 18.0. The summed E-state index contributed by atoms with van der Waals surface area (Å²) in [5, 5.41) is 2.87. The molecule has 2 aromatic carbocycles. The van der Waals surface area contributed by atoms with Gasteiger partial charge in [-0.05, 0) is 24.5 Å². The SMILES string of the molecule is CC(C)CNC(=O)[C@H](C)N(Cc1ccccc1F)C(=O)CSCc1ccccc1. The molecule has 0 aliphatic carbocycles. The first-order valence-electron chi connectivity index (χ1n) is 9.80. The van der Waals surface area contributed by atoms with Crippen molar-refractivity contribution in [1.29, 1.82) is 0 Å². The summed E-state index contributed by atoms with van der Waals surface area (Å²) in [4.78, 5) is 27.0. The normalized spacial score (nSPS) is 11.9. The molecule has 0 saturated heterocycles. The summed E-state index contributed by atoms with van der Waals surface area (Å²) in [6.45, 7) is 6.30. The van der Waals surface area contributed by atoms with Gasteiger partial charge in [0.15, 0.2) is 0 Å². The lowest BCUT2D eigenvalue weighted by molar-refractivity contribution is -0.138. The Morgan fingerprint density at radius 2 is 1.69 bits per heavy atom. The van der Waals surface area contributed by atoms with Crippen LogP contribution in [-0.2, 0) is 21.9 Å². The Balaban J connectivity index is 2.06. The maximum absolute atomic E-state index is 14.2. The Bertz CT molecular complexity index is 798. The fourth-order valence-corrected chi connectivity index (χ4v) is 3.63. The van der Waals surface area contributed by atoms with Crippen LogP contribution in [0.1, 0.15) is 31.9 Å². The predicted octanol–water partition coefficient (Wildman–Crippen LogP) is 4.25. The van der Waals surface area contributed by atoms with Gasteiger partial charge >= 0.3 is 0 Å². The average molecular weight is 417 g/mol. The molecule has 4 nitrogen and oxygen atoms in total. The van der Waals surface area contributed by atoms with Crippen LogP contribution in [0.15, 0.2) is 54.6 Å². The van der Waals surface area contributed by atoms with Crippen LogP contribution in [0, 0.1) is 11.7 Å². The van der Waals surface area contributed by atoms with Gasteiger partial charge in [-0.25, -0.2) is 4.39 Å². The zero-order chi connectivity index (χ0) is 21.2. The smallest absolute Gasteiger partial charge is 0.242 e. The number of hydrogen-bond donors (Lipinski definition) is 1. The van der Waals surface area contributed by atoms with Crippen LogP contribution >= 0.6 is 11.8 Å². The first-order valence-corrected chi connectivity index (χ1v) is 11.0. The van der Waals surface area contributed by atoms with Crippen molar-refractivity contribution in [3.63, 3.8) is 0 Å². The zero-order valence-electron chi connectivity index (χ0n) is 17.2. The maximum Gasteiger partial charge on any atom is 0.242 e. The molecule has 0 radical (unpaired) electrons. The topological polar surface area (TPSA) is 49.4 Å². The van der Waals surface area contributed by atoms with Crippen molar-refractivity contribution < 1.29 is 14.0 Å². The molecule has 0 heterocycles. The molecular weight excluding hydrogens is 387 g/mol. The highest BCUT2D eigenvalue weighted by molar-refractivity contribution is 7.99. The molecule has 6 heteroatoms. The molecule has 2 rings (SSSR count). The van der Waals surface area contributed by atoms with E-state index >= 15 is 0 Å². The van der Waals surface area contributed by atoms with Crippen LogP contribution in [0.4, 0.5) is 4.39 Å². The van der Waals surface area contributed by atoms with Crippen LogP contribution in [0.3, 0.4) is 0 Å². The van der Waals surface area contributed by atoms with E-state index in [-0.39, 0.29) is 29.9 Å². The minimum atomic E-state index is -0.682. The molecule has 2 amide bonds. The molecule has 0 spiro atoms. The molecule has 1 N–H and O–H groups in total. The molecule has 0 aliphatic rings. The second-order valence-electron chi connectivity index (χ2n) is 7.41. The van der Waals surface area contributed by atoms with Crippen LogP contribution in [0.2, 0.25) is 0 Å². The summed E-state index contributed by atoms with van der Waals surface area (Å²) in [6, 6.07) is 15.6. The van der Waals surface area contributed by atoms with Crippen molar-refractivity contribution in [2.45, 2.75) is 39.1 Å². The molecule has 156 valence electrons. The van der Waals surface area contributed by atoms with Gasteiger partial charge in [0.1, 0.15) is 11.9 Å². The molecule has 0 saturated carbocycles. The molecule has 2 aromatic rings. The van der Waals surface area contributed by atoms with E-state index in [1.165, 1.54) is 22.7 Å². The summed E-state index contributed by atoms with van der Waals surface area (Å²) in [5.41, 5.74) is 1.53. The second-order valence-corrected chi connectivity index (χ2v) is 8.39. The van der Waals surface area contributed by atoms with Gasteiger partial charge in [-0.1, -0.05) is 62.4 Å². The maximum atomic E-state index is 14.2. The van der Waals surface area contributed by atoms with E-state index in [1.54, 1.807) is 25.1 Å². The van der Waals surface area contributed by atoms with Crippen molar-refractivity contribution in [3.8, 4) is 0 Å². The Kier molecular flexibility index (Phi) is 9.19. The number of carbonyl (C=O) groups is 2. The van der Waals surface area contributed by atoms with Crippen LogP contribution in [-0.4, -0.2) is 35.1 Å². The third kappa shape index (κ3) is 7.54. The number of benzene rings is 2. The summed E-state index contributed by atoms with van der Waals surface area (Å²) in [6.07, 6.45) is 0. The molecule has 0 unspecified atom stereocenters. The molecular formula is C23H29FN2O2S. The van der Waals surface area contributed by atoms with E-state index in [9.17, 15) is 14.0 Å².